The van der Waals surface area contributed by atoms with E-state index in [-0.39, 0.29) is 0 Å². The molecule has 9 aliphatic carbocycles. The number of benzene rings is 1. The Labute approximate surface area is 337 Å². The van der Waals surface area contributed by atoms with Crippen LogP contribution < -0.4 is 0 Å². The quantitative estimate of drug-likeness (QED) is 0.237. The molecule has 56 heavy (non-hydrogen) atoms. The van der Waals surface area contributed by atoms with Gasteiger partial charge in [0, 0.05) is 0 Å². The zero-order valence-corrected chi connectivity index (χ0v) is 33.4. The maximum atomic E-state index is 2.67. The molecule has 0 heterocycles. The lowest BCUT2D eigenvalue weighted by atomic mass is 9.64. The van der Waals surface area contributed by atoms with Crippen molar-refractivity contribution in [2.75, 3.05) is 0 Å². The van der Waals surface area contributed by atoms with Gasteiger partial charge in [-0.1, -0.05) is 157 Å². The molecule has 1 aromatic carbocycles. The van der Waals surface area contributed by atoms with Gasteiger partial charge in [0.2, 0.25) is 0 Å². The first-order chi connectivity index (χ1) is 27.7. The van der Waals surface area contributed by atoms with Gasteiger partial charge in [0.1, 0.15) is 0 Å². The van der Waals surface area contributed by atoms with E-state index in [1.807, 2.05) is 0 Å². The van der Waals surface area contributed by atoms with E-state index < -0.39 is 0 Å². The molecule has 0 heteroatoms. The van der Waals surface area contributed by atoms with Gasteiger partial charge in [-0.15, -0.1) is 0 Å². The van der Waals surface area contributed by atoms with Gasteiger partial charge in [0.05, 0.1) is 0 Å². The smallest absolute Gasteiger partial charge is 0.00613 e. The van der Waals surface area contributed by atoms with E-state index in [1.54, 1.807) is 50.2 Å². The van der Waals surface area contributed by atoms with Crippen molar-refractivity contribution >= 4 is 0 Å². The van der Waals surface area contributed by atoms with Gasteiger partial charge < -0.3 is 0 Å². The fourth-order valence-corrected chi connectivity index (χ4v) is 12.1. The van der Waals surface area contributed by atoms with Crippen molar-refractivity contribution in [1.29, 1.82) is 0 Å². The van der Waals surface area contributed by atoms with E-state index in [9.17, 15) is 0 Å². The molecule has 0 saturated heterocycles. The zero-order chi connectivity index (χ0) is 37.3. The first kappa shape index (κ1) is 36.0. The Bertz CT molecular complexity index is 2130. The Hall–Kier alpha value is -4.42. The second-order valence-electron chi connectivity index (χ2n) is 18.4. The molecule has 0 aliphatic heterocycles. The summed E-state index contributed by atoms with van der Waals surface area (Å²) in [6.45, 7) is 0. The topological polar surface area (TPSA) is 0 Å². The highest BCUT2D eigenvalue weighted by atomic mass is 14.4. The summed E-state index contributed by atoms with van der Waals surface area (Å²) in [7, 11) is 0. The zero-order valence-electron chi connectivity index (χ0n) is 33.4. The molecule has 8 unspecified atom stereocenters. The predicted octanol–water partition coefficient (Wildman–Crippen LogP) is 14.8. The van der Waals surface area contributed by atoms with E-state index in [1.165, 1.54) is 89.0 Å². The van der Waals surface area contributed by atoms with E-state index in [0.717, 1.165) is 18.3 Å². The second-order valence-corrected chi connectivity index (χ2v) is 18.4. The highest BCUT2D eigenvalue weighted by molar-refractivity contribution is 5.50. The standard InChI is InChI=1S/C56H60/c1-3-11-43(12-4-1)53(49-33-31-47-29-27-45-15-7-9-17-51(45)55(47)37-49)35-39-19-23-41(24-20-39)42-25-21-40(22-26-42)36-54(44-13-5-2-6-14-44)50-34-32-48-30-28-46-16-8-10-18-52(46)56(48)38-50/h1-9,11,13-14,16-17,19,21,23,25,28,30,32-34,37,43,45,47,50,52-54,56H,10,12,15,18,20,22,24,26-27,29,31,35-36,38H2. The van der Waals surface area contributed by atoms with Crippen molar-refractivity contribution in [1.82, 2.24) is 0 Å². The SMILES string of the molecule is C1=CCC2CCC3CC=C(C(CC4=CC=C(C5=CC=C(CC(c6ccccc6)C6C=CC7=CC=C8C=CCCC8C7C6)CC5)CC4)C4C=CC=CC4)C=C3C2=C1. The van der Waals surface area contributed by atoms with Crippen molar-refractivity contribution in [2.24, 2.45) is 41.4 Å². The van der Waals surface area contributed by atoms with Crippen molar-refractivity contribution in [3.8, 4) is 0 Å². The molecular weight excluding hydrogens is 673 g/mol. The largest absolute Gasteiger partial charge is 0.0842 e. The Morgan fingerprint density at radius 3 is 2.05 bits per heavy atom. The lowest BCUT2D eigenvalue weighted by Crippen LogP contribution is -2.29. The maximum Gasteiger partial charge on any atom is -0.00613 e. The van der Waals surface area contributed by atoms with Crippen LogP contribution in [0.4, 0.5) is 0 Å². The summed E-state index contributed by atoms with van der Waals surface area (Å²) in [5.74, 6) is 5.07. The minimum atomic E-state index is 0.530. The Morgan fingerprint density at radius 1 is 0.554 bits per heavy atom. The number of hydrogen-bond acceptors (Lipinski definition) is 0. The van der Waals surface area contributed by atoms with Gasteiger partial charge in [0.25, 0.3) is 0 Å². The fourth-order valence-electron chi connectivity index (χ4n) is 12.1. The van der Waals surface area contributed by atoms with Crippen LogP contribution >= 0.6 is 0 Å². The minimum absolute atomic E-state index is 0.530. The highest BCUT2D eigenvalue weighted by Gasteiger charge is 2.37. The van der Waals surface area contributed by atoms with Crippen LogP contribution in [0.3, 0.4) is 0 Å². The van der Waals surface area contributed by atoms with Crippen molar-refractivity contribution in [3.05, 3.63) is 201 Å². The average Bonchev–Trinajstić information content (AvgIpc) is 3.28. The summed E-state index contributed by atoms with van der Waals surface area (Å²) < 4.78 is 0. The van der Waals surface area contributed by atoms with E-state index in [2.05, 4.69) is 146 Å². The van der Waals surface area contributed by atoms with Crippen LogP contribution in [0.15, 0.2) is 196 Å². The van der Waals surface area contributed by atoms with E-state index >= 15 is 0 Å². The Kier molecular flexibility index (Phi) is 10.4. The van der Waals surface area contributed by atoms with E-state index in [0.29, 0.717) is 35.5 Å². The third-order valence-electron chi connectivity index (χ3n) is 15.2. The number of rotatable bonds is 9. The minimum Gasteiger partial charge on any atom is -0.0842 e. The molecule has 0 amide bonds. The summed E-state index contributed by atoms with van der Waals surface area (Å²) in [5.41, 5.74) is 16.0. The summed E-state index contributed by atoms with van der Waals surface area (Å²) in [6, 6.07) is 11.5. The summed E-state index contributed by atoms with van der Waals surface area (Å²) in [4.78, 5) is 0. The van der Waals surface area contributed by atoms with Crippen LogP contribution in [0.5, 0.6) is 0 Å². The molecule has 1 aromatic rings. The maximum absolute atomic E-state index is 2.67. The van der Waals surface area contributed by atoms with Crippen LogP contribution in [0, 0.1) is 41.4 Å². The lowest BCUT2D eigenvalue weighted by Gasteiger charge is -2.40. The molecule has 9 aliphatic rings. The average molecular weight is 733 g/mol. The molecule has 0 spiro atoms. The van der Waals surface area contributed by atoms with Gasteiger partial charge in [-0.05, 0) is 182 Å². The molecule has 284 valence electrons. The summed E-state index contributed by atoms with van der Waals surface area (Å²) >= 11 is 0. The molecule has 1 fully saturated rings. The number of hydrogen-bond donors (Lipinski definition) is 0. The Balaban J connectivity index is 0.845. The van der Waals surface area contributed by atoms with E-state index in [4.69, 9.17) is 0 Å². The molecule has 0 bridgehead atoms. The molecule has 1 saturated carbocycles. The molecule has 0 N–H and O–H groups in total. The van der Waals surface area contributed by atoms with Gasteiger partial charge in [-0.25, -0.2) is 0 Å². The molecule has 0 radical (unpaired) electrons. The molecule has 10 rings (SSSR count). The number of fused-ring (bicyclic) bond motifs is 6. The third kappa shape index (κ3) is 7.42. The van der Waals surface area contributed by atoms with Crippen LogP contribution in [0.1, 0.15) is 101 Å². The monoisotopic (exact) mass is 732 g/mol. The van der Waals surface area contributed by atoms with Crippen LogP contribution in [-0.4, -0.2) is 0 Å². The van der Waals surface area contributed by atoms with Crippen molar-refractivity contribution in [2.45, 2.75) is 95.8 Å². The lowest BCUT2D eigenvalue weighted by molar-refractivity contribution is 0.312. The van der Waals surface area contributed by atoms with Gasteiger partial charge >= 0.3 is 0 Å². The first-order valence-electron chi connectivity index (χ1n) is 22.4. The normalized spacial score (nSPS) is 31.3. The second kappa shape index (κ2) is 16.2. The van der Waals surface area contributed by atoms with Crippen LogP contribution in [0.25, 0.3) is 0 Å². The molecule has 0 nitrogen and oxygen atoms in total. The Morgan fingerprint density at radius 2 is 1.30 bits per heavy atom. The summed E-state index contributed by atoms with van der Waals surface area (Å²) in [5, 5.41) is 0. The van der Waals surface area contributed by atoms with Gasteiger partial charge in [-0.3, -0.25) is 0 Å². The number of allylic oxidation sites excluding steroid dienone is 28. The highest BCUT2D eigenvalue weighted by Crippen LogP contribution is 2.50. The molecular formula is C56H60. The van der Waals surface area contributed by atoms with Crippen molar-refractivity contribution in [3.63, 3.8) is 0 Å². The fraction of sp³-hybridized carbons (Fsp3) is 0.393. The van der Waals surface area contributed by atoms with Gasteiger partial charge in [-0.2, -0.15) is 0 Å². The third-order valence-corrected chi connectivity index (χ3v) is 15.2. The predicted molar refractivity (Wildman–Crippen MR) is 237 cm³/mol. The van der Waals surface area contributed by atoms with Crippen LogP contribution in [0.2, 0.25) is 0 Å². The summed E-state index contributed by atoms with van der Waals surface area (Å²) in [6.07, 6.45) is 63.8. The molecule has 8 atom stereocenters. The van der Waals surface area contributed by atoms with Crippen LogP contribution in [-0.2, 0) is 0 Å². The first-order valence-corrected chi connectivity index (χ1v) is 22.4. The molecule has 0 aromatic heterocycles. The van der Waals surface area contributed by atoms with Gasteiger partial charge in [0.15, 0.2) is 0 Å². The van der Waals surface area contributed by atoms with Crippen molar-refractivity contribution < 1.29 is 0 Å².